The minimum absolute atomic E-state index is 0.0750. The Morgan fingerprint density at radius 3 is 1.94 bits per heavy atom. The number of ether oxygens (including phenoxy) is 1. The molecule has 4 N–H and O–H groups in total. The van der Waals surface area contributed by atoms with Crippen LogP contribution < -0.4 is 25.0 Å². The molecule has 0 unspecified atom stereocenters. The van der Waals surface area contributed by atoms with Crippen molar-refractivity contribution >= 4 is 27.5 Å². The molecule has 4 aromatic carbocycles. The van der Waals surface area contributed by atoms with E-state index in [2.05, 4.69) is 16.0 Å². The molecule has 0 saturated carbocycles. The molecule has 0 bridgehead atoms. The first-order valence-corrected chi connectivity index (χ1v) is 18.0. The zero-order valence-electron chi connectivity index (χ0n) is 28.8. The third kappa shape index (κ3) is 10.4. The minimum Gasteiger partial charge on any atom is -0.497 e. The standard InChI is InChI=1S/C38H46N4O6S/c1-25-12-14-30(15-13-25)27(3)40-37(44)31-21-32(23-33(22-31)42(4)49(6,46)47)38(45)41-35(20-28-10-8-7-9-11-28)36(43)24-39-26(2)29-16-18-34(48-5)19-17-29/h7-19,21-23,26-27,35-36,39,43H,20,24H2,1-6H3,(H,40,44)(H,41,45)/t26-,27-,35+,36-/m1/s1. The van der Waals surface area contributed by atoms with E-state index in [9.17, 15) is 23.1 Å². The maximum absolute atomic E-state index is 13.9. The van der Waals surface area contributed by atoms with Crippen LogP contribution in [0.1, 0.15) is 68.9 Å². The molecule has 4 aromatic rings. The number of methoxy groups -OCH3 is 1. The third-order valence-electron chi connectivity index (χ3n) is 8.56. The molecule has 0 radical (unpaired) electrons. The molecule has 4 rings (SSSR count). The Labute approximate surface area is 289 Å². The number of rotatable bonds is 15. The highest BCUT2D eigenvalue weighted by molar-refractivity contribution is 7.92. The van der Waals surface area contributed by atoms with Crippen molar-refractivity contribution in [3.8, 4) is 5.75 Å². The van der Waals surface area contributed by atoms with Crippen LogP contribution in [0, 0.1) is 6.92 Å². The maximum Gasteiger partial charge on any atom is 0.251 e. The van der Waals surface area contributed by atoms with E-state index in [-0.39, 0.29) is 35.4 Å². The molecule has 0 aliphatic rings. The third-order valence-corrected chi connectivity index (χ3v) is 9.76. The largest absolute Gasteiger partial charge is 0.497 e. The first kappa shape index (κ1) is 37.1. The fourth-order valence-corrected chi connectivity index (χ4v) is 5.81. The normalized spacial score (nSPS) is 13.9. The second-order valence-electron chi connectivity index (χ2n) is 12.3. The highest BCUT2D eigenvalue weighted by Gasteiger charge is 2.25. The van der Waals surface area contributed by atoms with Gasteiger partial charge in [0.15, 0.2) is 0 Å². The molecule has 0 aromatic heterocycles. The molecule has 4 atom stereocenters. The van der Waals surface area contributed by atoms with Crippen molar-refractivity contribution in [2.24, 2.45) is 0 Å². The molecule has 2 amide bonds. The summed E-state index contributed by atoms with van der Waals surface area (Å²) in [7, 11) is -0.746. The predicted molar refractivity (Wildman–Crippen MR) is 194 cm³/mol. The molecule has 0 spiro atoms. The number of aliphatic hydroxyl groups is 1. The lowest BCUT2D eigenvalue weighted by molar-refractivity contribution is 0.0825. The topological polar surface area (TPSA) is 137 Å². The summed E-state index contributed by atoms with van der Waals surface area (Å²) in [4.78, 5) is 27.4. The highest BCUT2D eigenvalue weighted by Crippen LogP contribution is 2.23. The molecule has 0 aliphatic carbocycles. The van der Waals surface area contributed by atoms with Crippen molar-refractivity contribution in [1.82, 2.24) is 16.0 Å². The number of benzene rings is 4. The molecule has 0 aliphatic heterocycles. The molecule has 260 valence electrons. The van der Waals surface area contributed by atoms with Crippen molar-refractivity contribution < 1.29 is 27.9 Å². The Kier molecular flexibility index (Phi) is 12.6. The molecular formula is C38H46N4O6S. The van der Waals surface area contributed by atoms with Gasteiger partial charge in [0.25, 0.3) is 11.8 Å². The average molecular weight is 687 g/mol. The lowest BCUT2D eigenvalue weighted by Gasteiger charge is -2.27. The predicted octanol–water partition coefficient (Wildman–Crippen LogP) is 4.94. The van der Waals surface area contributed by atoms with Gasteiger partial charge in [0.05, 0.1) is 37.2 Å². The van der Waals surface area contributed by atoms with Gasteiger partial charge in [-0.2, -0.15) is 0 Å². The summed E-state index contributed by atoms with van der Waals surface area (Å²) in [6.07, 6.45) is 0.381. The van der Waals surface area contributed by atoms with Gasteiger partial charge in [-0.3, -0.25) is 13.9 Å². The molecule has 49 heavy (non-hydrogen) atoms. The summed E-state index contributed by atoms with van der Waals surface area (Å²) in [5, 5.41) is 20.7. The van der Waals surface area contributed by atoms with E-state index >= 15 is 0 Å². The number of amides is 2. The Bertz CT molecular complexity index is 1820. The summed E-state index contributed by atoms with van der Waals surface area (Å²) < 4.78 is 31.3. The SMILES string of the molecule is COc1ccc([C@@H](C)NC[C@@H](O)[C@H](Cc2ccccc2)NC(=O)c2cc(C(=O)N[C@H](C)c3ccc(C)cc3)cc(N(C)S(C)(=O)=O)c2)cc1. The number of nitrogens with one attached hydrogen (secondary N) is 3. The Balaban J connectivity index is 1.59. The van der Waals surface area contributed by atoms with Crippen molar-refractivity contribution in [2.75, 3.05) is 31.3 Å². The van der Waals surface area contributed by atoms with Gasteiger partial charge in [-0.05, 0) is 74.2 Å². The van der Waals surface area contributed by atoms with E-state index in [1.54, 1.807) is 7.11 Å². The van der Waals surface area contributed by atoms with Crippen LogP contribution in [0.4, 0.5) is 5.69 Å². The van der Waals surface area contributed by atoms with Crippen LogP contribution in [0.25, 0.3) is 0 Å². The number of hydrogen-bond donors (Lipinski definition) is 4. The number of aliphatic hydroxyl groups excluding tert-OH is 1. The zero-order chi connectivity index (χ0) is 35.7. The van der Waals surface area contributed by atoms with Gasteiger partial charge in [-0.1, -0.05) is 72.3 Å². The molecule has 11 heteroatoms. The maximum atomic E-state index is 13.9. The van der Waals surface area contributed by atoms with E-state index in [0.717, 1.165) is 38.6 Å². The lowest BCUT2D eigenvalue weighted by Crippen LogP contribution is -2.49. The van der Waals surface area contributed by atoms with Crippen LogP contribution in [-0.4, -0.2) is 64.4 Å². The van der Waals surface area contributed by atoms with E-state index in [1.807, 2.05) is 99.6 Å². The smallest absolute Gasteiger partial charge is 0.251 e. The van der Waals surface area contributed by atoms with Crippen LogP contribution in [0.15, 0.2) is 97.1 Å². The number of aryl methyl sites for hydroxylation is 1. The Morgan fingerprint density at radius 1 is 0.816 bits per heavy atom. The summed E-state index contributed by atoms with van der Waals surface area (Å²) in [6, 6.07) is 28.0. The summed E-state index contributed by atoms with van der Waals surface area (Å²) in [5.74, 6) is -0.286. The molecule has 0 heterocycles. The number of anilines is 1. The van der Waals surface area contributed by atoms with E-state index in [1.165, 1.54) is 25.2 Å². The second kappa shape index (κ2) is 16.6. The average Bonchev–Trinajstić information content (AvgIpc) is 3.09. The number of nitrogens with zero attached hydrogens (tertiary/aromatic N) is 1. The second-order valence-corrected chi connectivity index (χ2v) is 14.4. The van der Waals surface area contributed by atoms with Gasteiger partial charge in [-0.15, -0.1) is 0 Å². The fourth-order valence-electron chi connectivity index (χ4n) is 5.32. The van der Waals surface area contributed by atoms with Gasteiger partial charge < -0.3 is 25.8 Å². The summed E-state index contributed by atoms with van der Waals surface area (Å²) in [6.45, 7) is 5.98. The summed E-state index contributed by atoms with van der Waals surface area (Å²) >= 11 is 0. The van der Waals surface area contributed by atoms with Crippen molar-refractivity contribution in [3.63, 3.8) is 0 Å². The molecule has 0 fully saturated rings. The van der Waals surface area contributed by atoms with Crippen molar-refractivity contribution in [2.45, 2.75) is 51.4 Å². The van der Waals surface area contributed by atoms with Gasteiger partial charge >= 0.3 is 0 Å². The van der Waals surface area contributed by atoms with Crippen LogP contribution in [0.2, 0.25) is 0 Å². The number of carbonyl (C=O) groups is 2. The highest BCUT2D eigenvalue weighted by atomic mass is 32.2. The van der Waals surface area contributed by atoms with E-state index < -0.39 is 34.0 Å². The quantitative estimate of drug-likeness (QED) is 0.139. The number of carbonyl (C=O) groups excluding carboxylic acids is 2. The van der Waals surface area contributed by atoms with Crippen molar-refractivity contribution in [1.29, 1.82) is 0 Å². The Hall–Kier alpha value is -4.71. The van der Waals surface area contributed by atoms with Crippen LogP contribution >= 0.6 is 0 Å². The first-order chi connectivity index (χ1) is 23.2. The molecule has 10 nitrogen and oxygen atoms in total. The van der Waals surface area contributed by atoms with Gasteiger partial charge in [-0.25, -0.2) is 8.42 Å². The molecular weight excluding hydrogens is 641 g/mol. The van der Waals surface area contributed by atoms with Crippen LogP contribution in [-0.2, 0) is 16.4 Å². The fraction of sp³-hybridized carbons (Fsp3) is 0.316. The van der Waals surface area contributed by atoms with E-state index in [4.69, 9.17) is 4.74 Å². The Morgan fingerprint density at radius 2 is 1.37 bits per heavy atom. The summed E-state index contributed by atoms with van der Waals surface area (Å²) in [5.41, 5.74) is 4.25. The first-order valence-electron chi connectivity index (χ1n) is 16.1. The van der Waals surface area contributed by atoms with Gasteiger partial charge in [0.1, 0.15) is 5.75 Å². The van der Waals surface area contributed by atoms with Crippen molar-refractivity contribution in [3.05, 3.63) is 130 Å². The zero-order valence-corrected chi connectivity index (χ0v) is 29.6. The number of hydrogen-bond acceptors (Lipinski definition) is 7. The lowest BCUT2D eigenvalue weighted by atomic mass is 9.99. The van der Waals surface area contributed by atoms with Gasteiger partial charge in [0.2, 0.25) is 10.0 Å². The monoisotopic (exact) mass is 686 g/mol. The molecule has 0 saturated heterocycles. The number of sulfonamides is 1. The van der Waals surface area contributed by atoms with E-state index in [0.29, 0.717) is 6.42 Å². The van der Waals surface area contributed by atoms with Crippen LogP contribution in [0.5, 0.6) is 5.75 Å². The van der Waals surface area contributed by atoms with Gasteiger partial charge in [0, 0.05) is 30.8 Å². The van der Waals surface area contributed by atoms with Crippen LogP contribution in [0.3, 0.4) is 0 Å². The minimum atomic E-state index is -3.72.